The van der Waals surface area contributed by atoms with Gasteiger partial charge in [-0.05, 0) is 109 Å². The molecule has 7 nitrogen and oxygen atoms in total. The number of nitrogens with one attached hydrogen (secondary N) is 1. The van der Waals surface area contributed by atoms with E-state index in [0.29, 0.717) is 30.3 Å². The van der Waals surface area contributed by atoms with Gasteiger partial charge in [-0.2, -0.15) is 0 Å². The minimum atomic E-state index is -0.480. The van der Waals surface area contributed by atoms with Crippen molar-refractivity contribution < 1.29 is 24.2 Å². The molecular weight excluding hydrogens is 648 g/mol. The summed E-state index contributed by atoms with van der Waals surface area (Å²) in [5.74, 6) is -0.576. The lowest BCUT2D eigenvalue weighted by Gasteiger charge is -2.31. The number of benzene rings is 4. The number of halogens is 1. The number of aromatic hydroxyl groups is 1. The Morgan fingerprint density at radius 2 is 1.64 bits per heavy atom. The summed E-state index contributed by atoms with van der Waals surface area (Å²) in [5.41, 5.74) is 6.69. The van der Waals surface area contributed by atoms with Gasteiger partial charge >= 0.3 is 0 Å². The third kappa shape index (κ3) is 7.07. The SMILES string of the molecule is CCC/C(=C\c1ccc(O)cc1Cl)CC[C@H]1OC[C@H]2C1=C(COc1ccccc1)C[C@H]1C(=O)N(c3ccc(Nc4ccccc4)cc3)C(=O)[C@H]12. The maximum atomic E-state index is 14.2. The number of imide groups is 1. The average molecular weight is 689 g/mol. The number of phenolic OH excluding ortho intramolecular Hbond substituents is 1. The van der Waals surface area contributed by atoms with E-state index in [0.717, 1.165) is 59.5 Å². The van der Waals surface area contributed by atoms with Crippen molar-refractivity contribution in [3.8, 4) is 11.5 Å². The number of phenols is 1. The summed E-state index contributed by atoms with van der Waals surface area (Å²) in [5, 5.41) is 13.7. The smallest absolute Gasteiger partial charge is 0.238 e. The van der Waals surface area contributed by atoms with E-state index < -0.39 is 11.8 Å². The van der Waals surface area contributed by atoms with Crippen molar-refractivity contribution in [3.63, 3.8) is 0 Å². The van der Waals surface area contributed by atoms with E-state index in [2.05, 4.69) is 18.3 Å². The van der Waals surface area contributed by atoms with Crippen molar-refractivity contribution in [2.24, 2.45) is 17.8 Å². The maximum absolute atomic E-state index is 14.2. The molecule has 8 heteroatoms. The molecule has 0 unspecified atom stereocenters. The number of ether oxygens (including phenoxy) is 2. The van der Waals surface area contributed by atoms with Gasteiger partial charge in [-0.15, -0.1) is 0 Å². The second-order valence-corrected chi connectivity index (χ2v) is 13.7. The van der Waals surface area contributed by atoms with Gasteiger partial charge in [0.1, 0.15) is 18.1 Å². The molecule has 4 atom stereocenters. The molecule has 0 spiro atoms. The van der Waals surface area contributed by atoms with Crippen molar-refractivity contribution in [2.45, 2.75) is 45.1 Å². The Morgan fingerprint density at radius 1 is 0.920 bits per heavy atom. The van der Waals surface area contributed by atoms with E-state index >= 15 is 0 Å². The first-order valence-electron chi connectivity index (χ1n) is 17.4. The van der Waals surface area contributed by atoms with Gasteiger partial charge in [-0.3, -0.25) is 14.5 Å². The highest BCUT2D eigenvalue weighted by atomic mass is 35.5. The fourth-order valence-electron chi connectivity index (χ4n) is 7.69. The molecule has 4 aromatic rings. The molecule has 7 rings (SSSR count). The van der Waals surface area contributed by atoms with Crippen LogP contribution in [0.25, 0.3) is 6.08 Å². The molecule has 50 heavy (non-hydrogen) atoms. The number of hydrogen-bond donors (Lipinski definition) is 2. The summed E-state index contributed by atoms with van der Waals surface area (Å²) in [7, 11) is 0. The summed E-state index contributed by atoms with van der Waals surface area (Å²) in [6, 6.07) is 32.0. The van der Waals surface area contributed by atoms with E-state index in [1.165, 1.54) is 10.5 Å². The van der Waals surface area contributed by atoms with Gasteiger partial charge in [0.25, 0.3) is 0 Å². The predicted molar refractivity (Wildman–Crippen MR) is 198 cm³/mol. The van der Waals surface area contributed by atoms with Crippen LogP contribution in [0.3, 0.4) is 0 Å². The molecular formula is C42H41ClN2O5. The molecule has 3 aliphatic rings. The fourth-order valence-corrected chi connectivity index (χ4v) is 7.92. The third-order valence-electron chi connectivity index (χ3n) is 9.99. The number of anilines is 3. The maximum Gasteiger partial charge on any atom is 0.238 e. The molecule has 2 saturated heterocycles. The van der Waals surface area contributed by atoms with Crippen LogP contribution in [-0.4, -0.2) is 36.2 Å². The van der Waals surface area contributed by atoms with Crippen LogP contribution in [0.4, 0.5) is 17.1 Å². The molecule has 0 aromatic heterocycles. The molecule has 2 heterocycles. The number of fused-ring (bicyclic) bond motifs is 3. The summed E-state index contributed by atoms with van der Waals surface area (Å²) >= 11 is 6.45. The minimum absolute atomic E-state index is 0.137. The first kappa shape index (κ1) is 33.6. The number of nitrogens with zero attached hydrogens (tertiary/aromatic N) is 1. The topological polar surface area (TPSA) is 88.1 Å². The minimum Gasteiger partial charge on any atom is -0.508 e. The average Bonchev–Trinajstić information content (AvgIpc) is 3.66. The number of amides is 2. The highest BCUT2D eigenvalue weighted by molar-refractivity contribution is 6.32. The Kier molecular flexibility index (Phi) is 10.1. The second-order valence-electron chi connectivity index (χ2n) is 13.3. The van der Waals surface area contributed by atoms with Gasteiger partial charge in [0, 0.05) is 17.3 Å². The van der Waals surface area contributed by atoms with Gasteiger partial charge in [-0.1, -0.05) is 73.0 Å². The molecule has 1 aliphatic carbocycles. The third-order valence-corrected chi connectivity index (χ3v) is 10.3. The monoisotopic (exact) mass is 688 g/mol. The lowest BCUT2D eigenvalue weighted by Crippen LogP contribution is -2.35. The van der Waals surface area contributed by atoms with Crippen molar-refractivity contribution in [1.82, 2.24) is 0 Å². The van der Waals surface area contributed by atoms with Gasteiger partial charge in [0.2, 0.25) is 11.8 Å². The van der Waals surface area contributed by atoms with E-state index in [-0.39, 0.29) is 29.6 Å². The normalized spacial score (nSPS) is 21.7. The summed E-state index contributed by atoms with van der Waals surface area (Å²) < 4.78 is 12.8. The molecule has 2 N–H and O–H groups in total. The van der Waals surface area contributed by atoms with Crippen LogP contribution in [0.2, 0.25) is 5.02 Å². The number of para-hydroxylation sites is 2. The first-order valence-corrected chi connectivity index (χ1v) is 17.8. The first-order chi connectivity index (χ1) is 24.4. The molecule has 0 saturated carbocycles. The highest BCUT2D eigenvalue weighted by Gasteiger charge is 2.57. The van der Waals surface area contributed by atoms with Gasteiger partial charge < -0.3 is 19.9 Å². The molecule has 2 fully saturated rings. The molecule has 2 amide bonds. The molecule has 256 valence electrons. The molecule has 0 radical (unpaired) electrons. The molecule has 4 aromatic carbocycles. The zero-order chi connectivity index (χ0) is 34.6. The zero-order valence-electron chi connectivity index (χ0n) is 28.1. The van der Waals surface area contributed by atoms with Gasteiger partial charge in [0.15, 0.2) is 0 Å². The van der Waals surface area contributed by atoms with Crippen LogP contribution in [-0.2, 0) is 14.3 Å². The predicted octanol–water partition coefficient (Wildman–Crippen LogP) is 9.35. The van der Waals surface area contributed by atoms with Crippen LogP contribution in [0.5, 0.6) is 11.5 Å². The number of allylic oxidation sites excluding steroid dienone is 1. The van der Waals surface area contributed by atoms with Crippen molar-refractivity contribution in [3.05, 3.63) is 130 Å². The quantitative estimate of drug-likeness (QED) is 0.114. The lowest BCUT2D eigenvalue weighted by molar-refractivity contribution is -0.122. The zero-order valence-corrected chi connectivity index (χ0v) is 28.8. The number of carbonyl (C=O) groups is 2. The van der Waals surface area contributed by atoms with E-state index in [4.69, 9.17) is 21.1 Å². The Labute approximate surface area is 298 Å². The van der Waals surface area contributed by atoms with Gasteiger partial charge in [0.05, 0.1) is 35.3 Å². The van der Waals surface area contributed by atoms with Gasteiger partial charge in [-0.25, -0.2) is 0 Å². The number of rotatable bonds is 12. The van der Waals surface area contributed by atoms with Crippen molar-refractivity contribution in [2.75, 3.05) is 23.4 Å². The van der Waals surface area contributed by atoms with Crippen LogP contribution in [0.1, 0.15) is 44.6 Å². The largest absolute Gasteiger partial charge is 0.508 e. The molecule has 2 aliphatic heterocycles. The molecule has 0 bridgehead atoms. The van der Waals surface area contributed by atoms with Crippen molar-refractivity contribution >= 4 is 46.6 Å². The van der Waals surface area contributed by atoms with E-state index in [1.807, 2.05) is 91.0 Å². The Balaban J connectivity index is 1.14. The van der Waals surface area contributed by atoms with E-state index in [9.17, 15) is 14.7 Å². The summed E-state index contributed by atoms with van der Waals surface area (Å²) in [4.78, 5) is 29.7. The van der Waals surface area contributed by atoms with Crippen LogP contribution >= 0.6 is 11.6 Å². The second kappa shape index (κ2) is 15.0. The Bertz CT molecular complexity index is 1910. The Morgan fingerprint density at radius 3 is 2.36 bits per heavy atom. The highest BCUT2D eigenvalue weighted by Crippen LogP contribution is 2.51. The summed E-state index contributed by atoms with van der Waals surface area (Å²) in [6.45, 7) is 2.87. The number of carbonyl (C=O) groups excluding carboxylic acids is 2. The van der Waals surface area contributed by atoms with Crippen LogP contribution in [0, 0.1) is 17.8 Å². The lowest BCUT2D eigenvalue weighted by atomic mass is 9.69. The van der Waals surface area contributed by atoms with Crippen molar-refractivity contribution in [1.29, 1.82) is 0 Å². The fraction of sp³-hybridized carbons (Fsp3) is 0.286. The Hall–Kier alpha value is -4.85. The number of hydrogen-bond acceptors (Lipinski definition) is 6. The standard InChI is InChI=1S/C42H41ClN2O5/c1-2-9-27(22-28-15-20-33(46)24-37(28)43)14-21-38-39-29(25-49-34-12-7-4-8-13-34)23-35-40(36(39)26-50-38)42(48)45(41(35)47)32-18-16-31(17-19-32)44-30-10-5-3-6-11-30/h3-8,10-13,15-20,22,24,35-36,38,40,44,46H,2,9,14,21,23,25-26H2,1H3/b27-22+/t35-,36+,38-,40-/m1/s1. The van der Waals surface area contributed by atoms with Crippen LogP contribution < -0.4 is 15.0 Å². The van der Waals surface area contributed by atoms with Crippen LogP contribution in [0.15, 0.2) is 120 Å². The van der Waals surface area contributed by atoms with E-state index in [1.54, 1.807) is 12.1 Å². The summed E-state index contributed by atoms with van der Waals surface area (Å²) in [6.07, 6.45) is 5.79.